The van der Waals surface area contributed by atoms with Crippen LogP contribution >= 0.6 is 12.6 Å². The number of aromatic nitrogens is 2. The van der Waals surface area contributed by atoms with E-state index in [1.54, 1.807) is 0 Å². The summed E-state index contributed by atoms with van der Waals surface area (Å²) in [5.41, 5.74) is 3.23. The zero-order valence-corrected chi connectivity index (χ0v) is 9.18. The summed E-state index contributed by atoms with van der Waals surface area (Å²) in [4.78, 5) is 8.63. The fourth-order valence-corrected chi connectivity index (χ4v) is 2.07. The number of nitrogens with one attached hydrogen (secondary N) is 1. The molecule has 0 saturated carbocycles. The van der Waals surface area contributed by atoms with Crippen LogP contribution in [0, 0.1) is 6.92 Å². The van der Waals surface area contributed by atoms with Crippen LogP contribution in [-0.2, 0) is 0 Å². The largest absolute Gasteiger partial charge is 0.339 e. The molecule has 2 heterocycles. The van der Waals surface area contributed by atoms with E-state index in [2.05, 4.69) is 41.7 Å². The molecule has 0 unspecified atom stereocenters. The number of nitrogens with zero attached hydrogens (tertiary/aromatic N) is 1. The Hall–Kier alpha value is -1.48. The van der Waals surface area contributed by atoms with Crippen LogP contribution in [0.25, 0.3) is 21.9 Å². The van der Waals surface area contributed by atoms with Crippen molar-refractivity contribution in [2.24, 2.45) is 0 Å². The number of benzene rings is 1. The van der Waals surface area contributed by atoms with Gasteiger partial charge < -0.3 is 4.98 Å². The lowest BCUT2D eigenvalue weighted by molar-refractivity contribution is 1.30. The van der Waals surface area contributed by atoms with Crippen molar-refractivity contribution in [3.63, 3.8) is 0 Å². The van der Waals surface area contributed by atoms with Gasteiger partial charge in [0.25, 0.3) is 0 Å². The van der Waals surface area contributed by atoms with E-state index in [9.17, 15) is 0 Å². The predicted octanol–water partition coefficient (Wildman–Crippen LogP) is 3.31. The van der Waals surface area contributed by atoms with Gasteiger partial charge in [-0.05, 0) is 36.8 Å². The number of hydrogen-bond acceptors (Lipinski definition) is 2. The van der Waals surface area contributed by atoms with E-state index in [-0.39, 0.29) is 0 Å². The maximum atomic E-state index is 4.37. The molecule has 0 atom stereocenters. The van der Waals surface area contributed by atoms with Gasteiger partial charge in [0.15, 0.2) is 0 Å². The highest BCUT2D eigenvalue weighted by Crippen LogP contribution is 2.26. The van der Waals surface area contributed by atoms with Gasteiger partial charge in [0.05, 0.1) is 0 Å². The molecule has 15 heavy (non-hydrogen) atoms. The summed E-state index contributed by atoms with van der Waals surface area (Å²) in [6, 6.07) is 8.23. The highest BCUT2D eigenvalue weighted by Gasteiger charge is 2.04. The molecule has 0 fully saturated rings. The second-order valence-electron chi connectivity index (χ2n) is 3.76. The lowest BCUT2D eigenvalue weighted by Gasteiger charge is -1.93. The number of hydrogen-bond donors (Lipinski definition) is 2. The van der Waals surface area contributed by atoms with Crippen LogP contribution in [0.2, 0.25) is 0 Å². The highest BCUT2D eigenvalue weighted by molar-refractivity contribution is 7.80. The molecular weight excluding hydrogens is 204 g/mol. The number of aromatic amines is 1. The van der Waals surface area contributed by atoms with Crippen molar-refractivity contribution in [1.82, 2.24) is 9.97 Å². The van der Waals surface area contributed by atoms with Crippen LogP contribution < -0.4 is 0 Å². The van der Waals surface area contributed by atoms with E-state index in [1.807, 2.05) is 18.3 Å². The number of H-pyrrole nitrogens is 1. The average molecular weight is 214 g/mol. The van der Waals surface area contributed by atoms with Gasteiger partial charge >= 0.3 is 0 Å². The van der Waals surface area contributed by atoms with Gasteiger partial charge in [0, 0.05) is 27.4 Å². The minimum absolute atomic E-state index is 0.939. The minimum Gasteiger partial charge on any atom is -0.339 e. The summed E-state index contributed by atoms with van der Waals surface area (Å²) < 4.78 is 0. The van der Waals surface area contributed by atoms with E-state index < -0.39 is 0 Å². The number of fused-ring (bicyclic) bond motifs is 3. The number of thiol groups is 1. The number of rotatable bonds is 0. The first-order valence-electron chi connectivity index (χ1n) is 4.81. The van der Waals surface area contributed by atoms with E-state index in [0.29, 0.717) is 0 Å². The minimum atomic E-state index is 0.939. The Morgan fingerprint density at radius 1 is 1.20 bits per heavy atom. The monoisotopic (exact) mass is 214 g/mol. The third-order valence-corrected chi connectivity index (χ3v) is 2.85. The standard InChI is InChI=1S/C12H10N2S/c1-7-4-10-9-5-8(15)2-3-11(9)14-12(10)13-6-7/h2-6,15H,1H3,(H,13,14). The molecule has 0 bridgehead atoms. The summed E-state index contributed by atoms with van der Waals surface area (Å²) in [5, 5.41) is 2.36. The summed E-state index contributed by atoms with van der Waals surface area (Å²) in [6.07, 6.45) is 1.87. The fourth-order valence-electron chi connectivity index (χ4n) is 1.87. The summed E-state index contributed by atoms with van der Waals surface area (Å²) in [7, 11) is 0. The van der Waals surface area contributed by atoms with Crippen molar-refractivity contribution >= 4 is 34.6 Å². The smallest absolute Gasteiger partial charge is 0.138 e. The van der Waals surface area contributed by atoms with E-state index in [1.165, 1.54) is 16.3 Å². The normalized spacial score (nSPS) is 11.3. The van der Waals surface area contributed by atoms with Crippen molar-refractivity contribution < 1.29 is 0 Å². The Kier molecular flexibility index (Phi) is 1.76. The second kappa shape index (κ2) is 3.00. The molecular formula is C12H10N2S. The zero-order valence-electron chi connectivity index (χ0n) is 8.28. The zero-order chi connectivity index (χ0) is 10.4. The third kappa shape index (κ3) is 1.31. The van der Waals surface area contributed by atoms with Crippen LogP contribution in [0.4, 0.5) is 0 Å². The molecule has 0 radical (unpaired) electrons. The van der Waals surface area contributed by atoms with Gasteiger partial charge in [0.1, 0.15) is 5.65 Å². The molecule has 0 saturated heterocycles. The molecule has 2 nitrogen and oxygen atoms in total. The molecule has 3 heteroatoms. The van der Waals surface area contributed by atoms with Gasteiger partial charge in [-0.15, -0.1) is 12.6 Å². The van der Waals surface area contributed by atoms with Gasteiger partial charge in [-0.2, -0.15) is 0 Å². The van der Waals surface area contributed by atoms with E-state index in [4.69, 9.17) is 0 Å². The molecule has 0 amide bonds. The Labute approximate surface area is 92.7 Å². The van der Waals surface area contributed by atoms with Crippen molar-refractivity contribution in [3.8, 4) is 0 Å². The predicted molar refractivity (Wildman–Crippen MR) is 65.6 cm³/mol. The Bertz CT molecular complexity index is 599. The van der Waals surface area contributed by atoms with Crippen molar-refractivity contribution in [2.45, 2.75) is 11.8 Å². The van der Waals surface area contributed by atoms with Crippen LogP contribution in [0.1, 0.15) is 5.56 Å². The van der Waals surface area contributed by atoms with Crippen molar-refractivity contribution in [2.75, 3.05) is 0 Å². The summed E-state index contributed by atoms with van der Waals surface area (Å²) in [5.74, 6) is 0. The highest BCUT2D eigenvalue weighted by atomic mass is 32.1. The summed E-state index contributed by atoms with van der Waals surface area (Å²) >= 11 is 4.35. The quantitative estimate of drug-likeness (QED) is 0.552. The molecule has 0 aliphatic carbocycles. The second-order valence-corrected chi connectivity index (χ2v) is 4.28. The molecule has 0 spiro atoms. The molecule has 2 aromatic heterocycles. The van der Waals surface area contributed by atoms with Crippen molar-refractivity contribution in [3.05, 3.63) is 36.0 Å². The SMILES string of the molecule is Cc1cnc2[nH]c3ccc(S)cc3c2c1. The molecule has 1 N–H and O–H groups in total. The van der Waals surface area contributed by atoms with Gasteiger partial charge in [0.2, 0.25) is 0 Å². The van der Waals surface area contributed by atoms with Crippen molar-refractivity contribution in [1.29, 1.82) is 0 Å². The van der Waals surface area contributed by atoms with E-state index in [0.717, 1.165) is 16.1 Å². The summed E-state index contributed by atoms with van der Waals surface area (Å²) in [6.45, 7) is 2.05. The first kappa shape index (κ1) is 8.80. The molecule has 3 aromatic rings. The first-order chi connectivity index (χ1) is 7.24. The van der Waals surface area contributed by atoms with Gasteiger partial charge in [-0.25, -0.2) is 4.98 Å². The Morgan fingerprint density at radius 3 is 2.93 bits per heavy atom. The lowest BCUT2D eigenvalue weighted by atomic mass is 10.2. The maximum Gasteiger partial charge on any atom is 0.138 e. The van der Waals surface area contributed by atoms with Crippen LogP contribution in [0.15, 0.2) is 35.4 Å². The number of pyridine rings is 1. The fraction of sp³-hybridized carbons (Fsp3) is 0.0833. The average Bonchev–Trinajstić information content (AvgIpc) is 2.56. The molecule has 1 aromatic carbocycles. The number of aryl methyl sites for hydroxylation is 1. The van der Waals surface area contributed by atoms with Gasteiger partial charge in [-0.3, -0.25) is 0 Å². The van der Waals surface area contributed by atoms with Crippen LogP contribution in [0.3, 0.4) is 0 Å². The van der Waals surface area contributed by atoms with Crippen LogP contribution in [-0.4, -0.2) is 9.97 Å². The van der Waals surface area contributed by atoms with Crippen LogP contribution in [0.5, 0.6) is 0 Å². The molecule has 74 valence electrons. The molecule has 0 aliphatic heterocycles. The molecule has 3 rings (SSSR count). The van der Waals surface area contributed by atoms with Gasteiger partial charge in [-0.1, -0.05) is 0 Å². The Morgan fingerprint density at radius 2 is 2.07 bits per heavy atom. The Balaban J connectivity index is 2.55. The molecule has 0 aliphatic rings. The third-order valence-electron chi connectivity index (χ3n) is 2.57. The first-order valence-corrected chi connectivity index (χ1v) is 5.26. The maximum absolute atomic E-state index is 4.37. The topological polar surface area (TPSA) is 28.7 Å². The lowest BCUT2D eigenvalue weighted by Crippen LogP contribution is -1.77. The van der Waals surface area contributed by atoms with E-state index >= 15 is 0 Å².